The van der Waals surface area contributed by atoms with Gasteiger partial charge in [0, 0.05) is 18.7 Å². The lowest BCUT2D eigenvalue weighted by atomic mass is 10.1. The summed E-state index contributed by atoms with van der Waals surface area (Å²) < 4.78 is 17.7. The molecule has 0 fully saturated rings. The molecule has 0 radical (unpaired) electrons. The minimum atomic E-state index is -0.507. The van der Waals surface area contributed by atoms with E-state index in [0.717, 1.165) is 5.56 Å². The van der Waals surface area contributed by atoms with E-state index in [1.54, 1.807) is 12.1 Å². The summed E-state index contributed by atoms with van der Waals surface area (Å²) in [4.78, 5) is 14.5. The lowest BCUT2D eigenvalue weighted by Gasteiger charge is -2.08. The fourth-order valence-corrected chi connectivity index (χ4v) is 1.80. The number of methoxy groups -OCH3 is 1. The van der Waals surface area contributed by atoms with E-state index in [2.05, 4.69) is 10.3 Å². The van der Waals surface area contributed by atoms with Crippen LogP contribution in [-0.4, -0.2) is 23.6 Å². The minimum absolute atomic E-state index is 0.116. The number of pyridine rings is 1. The highest BCUT2D eigenvalue weighted by atomic mass is 19.1. The summed E-state index contributed by atoms with van der Waals surface area (Å²) in [5, 5.41) is 13.8. The molecule has 2 rings (SSSR count). The van der Waals surface area contributed by atoms with E-state index in [-0.39, 0.29) is 17.3 Å². The second kappa shape index (κ2) is 6.65. The Morgan fingerprint density at radius 3 is 2.62 bits per heavy atom. The highest BCUT2D eigenvalue weighted by molar-refractivity contribution is 5.57. The van der Waals surface area contributed by atoms with Gasteiger partial charge >= 0.3 is 5.69 Å². The van der Waals surface area contributed by atoms with Crippen molar-refractivity contribution in [1.29, 1.82) is 0 Å². The molecule has 1 N–H and O–H groups in total. The van der Waals surface area contributed by atoms with Gasteiger partial charge in [0.25, 0.3) is 0 Å². The predicted octanol–water partition coefficient (Wildman–Crippen LogP) is 2.79. The predicted molar refractivity (Wildman–Crippen MR) is 76.0 cm³/mol. The number of hydrogen-bond donors (Lipinski definition) is 1. The molecule has 6 nitrogen and oxygen atoms in total. The average molecular weight is 291 g/mol. The van der Waals surface area contributed by atoms with Gasteiger partial charge in [-0.3, -0.25) is 10.1 Å². The number of rotatable bonds is 6. The van der Waals surface area contributed by atoms with Crippen LogP contribution in [0.1, 0.15) is 5.56 Å². The first-order valence-electron chi connectivity index (χ1n) is 6.28. The Kier molecular flexibility index (Phi) is 4.65. The van der Waals surface area contributed by atoms with Crippen LogP contribution in [0.25, 0.3) is 0 Å². The number of aromatic nitrogens is 1. The molecule has 0 aliphatic heterocycles. The first kappa shape index (κ1) is 14.7. The minimum Gasteiger partial charge on any atom is -0.481 e. The van der Waals surface area contributed by atoms with Crippen LogP contribution in [-0.2, 0) is 6.42 Å². The first-order chi connectivity index (χ1) is 10.1. The largest absolute Gasteiger partial charge is 0.481 e. The Labute approximate surface area is 120 Å². The molecular formula is C14H14FN3O3. The van der Waals surface area contributed by atoms with Crippen LogP contribution >= 0.6 is 0 Å². The fraction of sp³-hybridized carbons (Fsp3) is 0.214. The summed E-state index contributed by atoms with van der Waals surface area (Å²) in [6.45, 7) is 0.437. The van der Waals surface area contributed by atoms with E-state index >= 15 is 0 Å². The van der Waals surface area contributed by atoms with Gasteiger partial charge in [0.2, 0.25) is 11.7 Å². The third-order valence-corrected chi connectivity index (χ3v) is 2.87. The van der Waals surface area contributed by atoms with Gasteiger partial charge in [0.15, 0.2) is 0 Å². The molecular weight excluding hydrogens is 277 g/mol. The van der Waals surface area contributed by atoms with Gasteiger partial charge in [-0.25, -0.2) is 4.39 Å². The van der Waals surface area contributed by atoms with E-state index in [1.807, 2.05) is 0 Å². The van der Waals surface area contributed by atoms with Gasteiger partial charge in [-0.2, -0.15) is 4.98 Å². The number of anilines is 1. The van der Waals surface area contributed by atoms with Crippen LogP contribution in [0, 0.1) is 15.9 Å². The highest BCUT2D eigenvalue weighted by Gasteiger charge is 2.15. The molecule has 0 aliphatic rings. The van der Waals surface area contributed by atoms with Crippen LogP contribution in [0.2, 0.25) is 0 Å². The molecule has 2 aromatic rings. The number of halogens is 1. The topological polar surface area (TPSA) is 77.3 Å². The lowest BCUT2D eigenvalue weighted by Crippen LogP contribution is -2.09. The quantitative estimate of drug-likeness (QED) is 0.654. The monoisotopic (exact) mass is 291 g/mol. The van der Waals surface area contributed by atoms with Gasteiger partial charge < -0.3 is 10.1 Å². The van der Waals surface area contributed by atoms with E-state index < -0.39 is 4.92 Å². The van der Waals surface area contributed by atoms with Crippen molar-refractivity contribution in [2.75, 3.05) is 19.0 Å². The number of nitro groups is 1. The normalized spacial score (nSPS) is 10.2. The van der Waals surface area contributed by atoms with Gasteiger partial charge in [-0.05, 0) is 24.1 Å². The molecule has 0 bridgehead atoms. The Bertz CT molecular complexity index is 632. The molecule has 0 saturated heterocycles. The van der Waals surface area contributed by atoms with Crippen molar-refractivity contribution in [3.8, 4) is 5.88 Å². The summed E-state index contributed by atoms with van der Waals surface area (Å²) in [5.74, 6) is 0.156. The summed E-state index contributed by atoms with van der Waals surface area (Å²) in [5.41, 5.74) is 0.810. The smallest absolute Gasteiger partial charge is 0.311 e. The van der Waals surface area contributed by atoms with Crippen LogP contribution in [0.15, 0.2) is 36.4 Å². The standard InChI is InChI=1S/C14H14FN3O3/c1-21-13-7-6-12(18(19)20)14(17-13)16-9-8-10-2-4-11(15)5-3-10/h2-7H,8-9H2,1H3,(H,16,17). The average Bonchev–Trinajstić information content (AvgIpc) is 2.49. The van der Waals surface area contributed by atoms with Crippen molar-refractivity contribution < 1.29 is 14.1 Å². The lowest BCUT2D eigenvalue weighted by molar-refractivity contribution is -0.384. The second-order valence-corrected chi connectivity index (χ2v) is 4.28. The Hall–Kier alpha value is -2.70. The molecule has 110 valence electrons. The van der Waals surface area contributed by atoms with Gasteiger partial charge in [-0.15, -0.1) is 0 Å². The molecule has 0 saturated carbocycles. The van der Waals surface area contributed by atoms with Crippen molar-refractivity contribution in [3.63, 3.8) is 0 Å². The Morgan fingerprint density at radius 2 is 2.00 bits per heavy atom. The third-order valence-electron chi connectivity index (χ3n) is 2.87. The van der Waals surface area contributed by atoms with Crippen molar-refractivity contribution >= 4 is 11.5 Å². The molecule has 1 heterocycles. The number of ether oxygens (including phenoxy) is 1. The Balaban J connectivity index is 2.04. The second-order valence-electron chi connectivity index (χ2n) is 4.28. The van der Waals surface area contributed by atoms with Crippen molar-refractivity contribution in [1.82, 2.24) is 4.98 Å². The SMILES string of the molecule is COc1ccc([N+](=O)[O-])c(NCCc2ccc(F)cc2)n1. The summed E-state index contributed by atoms with van der Waals surface area (Å²) in [6.07, 6.45) is 0.594. The number of nitrogens with zero attached hydrogens (tertiary/aromatic N) is 2. The van der Waals surface area contributed by atoms with Gasteiger partial charge in [-0.1, -0.05) is 12.1 Å². The van der Waals surface area contributed by atoms with Crippen molar-refractivity contribution in [2.45, 2.75) is 6.42 Å². The molecule has 0 spiro atoms. The molecule has 21 heavy (non-hydrogen) atoms. The van der Waals surface area contributed by atoms with Gasteiger partial charge in [0.05, 0.1) is 12.0 Å². The van der Waals surface area contributed by atoms with Gasteiger partial charge in [0.1, 0.15) is 5.82 Å². The van der Waals surface area contributed by atoms with Crippen LogP contribution in [0.3, 0.4) is 0 Å². The van der Waals surface area contributed by atoms with E-state index in [1.165, 1.54) is 31.4 Å². The van der Waals surface area contributed by atoms with Crippen LogP contribution in [0.4, 0.5) is 15.9 Å². The molecule has 1 aromatic heterocycles. The summed E-state index contributed by atoms with van der Waals surface area (Å²) in [7, 11) is 1.44. The maximum Gasteiger partial charge on any atom is 0.311 e. The van der Waals surface area contributed by atoms with Crippen molar-refractivity contribution in [3.05, 3.63) is 57.9 Å². The number of nitrogens with one attached hydrogen (secondary N) is 1. The third kappa shape index (κ3) is 3.88. The highest BCUT2D eigenvalue weighted by Crippen LogP contribution is 2.24. The first-order valence-corrected chi connectivity index (χ1v) is 6.28. The van der Waals surface area contributed by atoms with Crippen LogP contribution in [0.5, 0.6) is 5.88 Å². The molecule has 0 aliphatic carbocycles. The van der Waals surface area contributed by atoms with E-state index in [4.69, 9.17) is 4.74 Å². The van der Waals surface area contributed by atoms with E-state index in [9.17, 15) is 14.5 Å². The molecule has 0 atom stereocenters. The number of benzene rings is 1. The molecule has 7 heteroatoms. The molecule has 0 amide bonds. The van der Waals surface area contributed by atoms with E-state index in [0.29, 0.717) is 18.8 Å². The van der Waals surface area contributed by atoms with Crippen LogP contribution < -0.4 is 10.1 Å². The molecule has 0 unspecified atom stereocenters. The van der Waals surface area contributed by atoms with Crippen molar-refractivity contribution in [2.24, 2.45) is 0 Å². The fourth-order valence-electron chi connectivity index (χ4n) is 1.80. The zero-order chi connectivity index (χ0) is 15.2. The summed E-state index contributed by atoms with van der Waals surface area (Å²) in [6, 6.07) is 8.87. The maximum atomic E-state index is 12.8. The Morgan fingerprint density at radius 1 is 1.29 bits per heavy atom. The summed E-state index contributed by atoms with van der Waals surface area (Å²) >= 11 is 0. The molecule has 1 aromatic carbocycles. The zero-order valence-electron chi connectivity index (χ0n) is 11.4. The zero-order valence-corrected chi connectivity index (χ0v) is 11.4. The maximum absolute atomic E-state index is 12.8. The number of hydrogen-bond acceptors (Lipinski definition) is 5.